The Bertz CT molecular complexity index is 565. The van der Waals surface area contributed by atoms with E-state index in [0.29, 0.717) is 12.5 Å². The molecule has 4 heteroatoms. The average molecular weight is 304 g/mol. The van der Waals surface area contributed by atoms with E-state index in [9.17, 15) is 0 Å². The van der Waals surface area contributed by atoms with Crippen molar-refractivity contribution in [2.45, 2.75) is 52.7 Å². The van der Waals surface area contributed by atoms with Crippen molar-refractivity contribution in [3.8, 4) is 5.75 Å². The van der Waals surface area contributed by atoms with E-state index in [0.717, 1.165) is 22.9 Å². The van der Waals surface area contributed by atoms with E-state index in [1.54, 1.807) is 11.3 Å². The first-order valence-corrected chi connectivity index (χ1v) is 8.29. The molecule has 3 nitrogen and oxygen atoms in total. The fraction of sp³-hybridized carbons (Fsp3) is 0.471. The molecule has 0 saturated carbocycles. The summed E-state index contributed by atoms with van der Waals surface area (Å²) in [5, 5.41) is 0.993. The van der Waals surface area contributed by atoms with Crippen LogP contribution in [0.4, 0.5) is 0 Å². The van der Waals surface area contributed by atoms with Crippen molar-refractivity contribution in [1.29, 1.82) is 0 Å². The topological polar surface area (TPSA) is 48.1 Å². The molecule has 2 aromatic rings. The Morgan fingerprint density at radius 1 is 1.29 bits per heavy atom. The number of nitrogens with two attached hydrogens (primary N) is 1. The quantitative estimate of drug-likeness (QED) is 0.859. The minimum absolute atomic E-state index is 0.0251. The summed E-state index contributed by atoms with van der Waals surface area (Å²) in [5.41, 5.74) is 8.43. The summed E-state index contributed by atoms with van der Waals surface area (Å²) >= 11 is 1.66. The number of thiazole rings is 1. The number of aromatic nitrogens is 1. The van der Waals surface area contributed by atoms with Gasteiger partial charge in [0.15, 0.2) is 0 Å². The van der Waals surface area contributed by atoms with E-state index >= 15 is 0 Å². The third-order valence-electron chi connectivity index (χ3n) is 3.35. The Kier molecular flexibility index (Phi) is 5.37. The Labute approximate surface area is 131 Å². The van der Waals surface area contributed by atoms with Gasteiger partial charge in [-0.25, -0.2) is 4.98 Å². The lowest BCUT2D eigenvalue weighted by molar-refractivity contribution is 0.305. The van der Waals surface area contributed by atoms with Crippen LogP contribution in [0.25, 0.3) is 0 Å². The average Bonchev–Trinajstić information content (AvgIpc) is 2.90. The molecule has 1 aromatic heterocycles. The number of rotatable bonds is 6. The molecule has 1 aromatic carbocycles. The van der Waals surface area contributed by atoms with Crippen LogP contribution in [-0.4, -0.2) is 4.98 Å². The second-order valence-electron chi connectivity index (χ2n) is 5.59. The molecule has 0 spiro atoms. The van der Waals surface area contributed by atoms with E-state index in [1.807, 2.05) is 19.1 Å². The fourth-order valence-electron chi connectivity index (χ4n) is 2.19. The number of aryl methyl sites for hydroxylation is 1. The Morgan fingerprint density at radius 3 is 2.62 bits per heavy atom. The van der Waals surface area contributed by atoms with Gasteiger partial charge in [-0.15, -0.1) is 11.3 Å². The second kappa shape index (κ2) is 7.05. The molecule has 2 N–H and O–H groups in total. The predicted octanol–water partition coefficient (Wildman–Crippen LogP) is 4.43. The lowest BCUT2D eigenvalue weighted by Gasteiger charge is -2.07. The number of ether oxygens (including phenoxy) is 1. The highest BCUT2D eigenvalue weighted by Crippen LogP contribution is 2.30. The summed E-state index contributed by atoms with van der Waals surface area (Å²) in [7, 11) is 0. The minimum Gasteiger partial charge on any atom is -0.486 e. The number of hydrogen-bond acceptors (Lipinski definition) is 4. The molecule has 0 bridgehead atoms. The van der Waals surface area contributed by atoms with Crippen molar-refractivity contribution >= 4 is 11.3 Å². The van der Waals surface area contributed by atoms with Gasteiger partial charge in [-0.05, 0) is 37.0 Å². The van der Waals surface area contributed by atoms with Gasteiger partial charge in [-0.2, -0.15) is 0 Å². The highest BCUT2D eigenvalue weighted by atomic mass is 32.1. The molecular formula is C17H24N2OS. The summed E-state index contributed by atoms with van der Waals surface area (Å²) in [6.45, 7) is 8.95. The normalized spacial score (nSPS) is 12.7. The van der Waals surface area contributed by atoms with Crippen LogP contribution >= 0.6 is 11.3 Å². The number of hydrogen-bond donors (Lipinski definition) is 1. The maximum absolute atomic E-state index is 6.04. The molecule has 2 rings (SSSR count). The zero-order valence-electron chi connectivity index (χ0n) is 13.2. The van der Waals surface area contributed by atoms with Crippen LogP contribution in [0.2, 0.25) is 0 Å². The molecule has 1 unspecified atom stereocenters. The maximum atomic E-state index is 6.04. The van der Waals surface area contributed by atoms with Crippen LogP contribution in [0.3, 0.4) is 0 Å². The lowest BCUT2D eigenvalue weighted by atomic mass is 10.1. The molecule has 0 fully saturated rings. The fourth-order valence-corrected chi connectivity index (χ4v) is 3.28. The molecule has 0 aliphatic carbocycles. The summed E-state index contributed by atoms with van der Waals surface area (Å²) < 4.78 is 5.87. The first kappa shape index (κ1) is 16.0. The molecule has 0 aliphatic heterocycles. The van der Waals surface area contributed by atoms with Gasteiger partial charge in [-0.1, -0.05) is 32.9 Å². The van der Waals surface area contributed by atoms with Gasteiger partial charge in [-0.3, -0.25) is 0 Å². The van der Waals surface area contributed by atoms with Gasteiger partial charge in [0.05, 0.1) is 5.69 Å². The van der Waals surface area contributed by atoms with E-state index in [2.05, 4.69) is 32.9 Å². The molecule has 1 atom stereocenters. The van der Waals surface area contributed by atoms with Crippen LogP contribution < -0.4 is 10.5 Å². The van der Waals surface area contributed by atoms with E-state index in [4.69, 9.17) is 15.5 Å². The maximum Gasteiger partial charge on any atom is 0.140 e. The van der Waals surface area contributed by atoms with E-state index < -0.39 is 0 Å². The van der Waals surface area contributed by atoms with Gasteiger partial charge in [0.1, 0.15) is 17.4 Å². The monoisotopic (exact) mass is 304 g/mol. The molecule has 0 aliphatic rings. The van der Waals surface area contributed by atoms with E-state index in [1.165, 1.54) is 10.4 Å². The van der Waals surface area contributed by atoms with Crippen LogP contribution in [0.15, 0.2) is 24.3 Å². The summed E-state index contributed by atoms with van der Waals surface area (Å²) in [6, 6.07) is 8.24. The van der Waals surface area contributed by atoms with Crippen LogP contribution in [0.5, 0.6) is 5.75 Å². The molecule has 0 saturated heterocycles. The standard InChI is InChI=1S/C17H24N2OS/c1-5-13-7-6-8-14(9-13)20-10-15-19-16(11(2)3)17(21-15)12(4)18/h6-9,11-12H,5,10,18H2,1-4H3. The number of benzene rings is 1. The smallest absolute Gasteiger partial charge is 0.140 e. The van der Waals surface area contributed by atoms with Gasteiger partial charge >= 0.3 is 0 Å². The van der Waals surface area contributed by atoms with Crippen molar-refractivity contribution in [3.63, 3.8) is 0 Å². The largest absolute Gasteiger partial charge is 0.486 e. The van der Waals surface area contributed by atoms with Crippen molar-refractivity contribution < 1.29 is 4.74 Å². The molecule has 114 valence electrons. The van der Waals surface area contributed by atoms with Gasteiger partial charge < -0.3 is 10.5 Å². The van der Waals surface area contributed by atoms with Gasteiger partial charge in [0, 0.05) is 10.9 Å². The Balaban J connectivity index is 2.11. The number of nitrogens with zero attached hydrogens (tertiary/aromatic N) is 1. The Morgan fingerprint density at radius 2 is 2.05 bits per heavy atom. The molecule has 0 amide bonds. The second-order valence-corrected chi connectivity index (χ2v) is 6.71. The Hall–Kier alpha value is -1.39. The predicted molar refractivity (Wildman–Crippen MR) is 89.0 cm³/mol. The molecular weight excluding hydrogens is 280 g/mol. The van der Waals surface area contributed by atoms with Crippen LogP contribution in [-0.2, 0) is 13.0 Å². The first-order chi connectivity index (χ1) is 10.0. The SMILES string of the molecule is CCc1cccc(OCc2nc(C(C)C)c(C(C)N)s2)c1. The summed E-state index contributed by atoms with van der Waals surface area (Å²) in [6.07, 6.45) is 1.01. The minimum atomic E-state index is 0.0251. The van der Waals surface area contributed by atoms with Crippen molar-refractivity contribution in [1.82, 2.24) is 4.98 Å². The first-order valence-electron chi connectivity index (χ1n) is 7.48. The van der Waals surface area contributed by atoms with Crippen molar-refractivity contribution in [2.24, 2.45) is 5.73 Å². The van der Waals surface area contributed by atoms with E-state index in [-0.39, 0.29) is 6.04 Å². The van der Waals surface area contributed by atoms with Crippen molar-refractivity contribution in [2.75, 3.05) is 0 Å². The van der Waals surface area contributed by atoms with Crippen molar-refractivity contribution in [3.05, 3.63) is 45.4 Å². The third-order valence-corrected chi connectivity index (χ3v) is 4.60. The third kappa shape index (κ3) is 4.05. The summed E-state index contributed by atoms with van der Waals surface area (Å²) in [5.74, 6) is 1.29. The zero-order chi connectivity index (χ0) is 15.4. The van der Waals surface area contributed by atoms with Crippen LogP contribution in [0, 0.1) is 0 Å². The van der Waals surface area contributed by atoms with Gasteiger partial charge in [0.2, 0.25) is 0 Å². The zero-order valence-corrected chi connectivity index (χ0v) is 14.0. The lowest BCUT2D eigenvalue weighted by Crippen LogP contribution is -2.06. The highest BCUT2D eigenvalue weighted by Gasteiger charge is 2.17. The molecule has 0 radical (unpaired) electrons. The van der Waals surface area contributed by atoms with Crippen LogP contribution in [0.1, 0.15) is 60.8 Å². The summed E-state index contributed by atoms with van der Waals surface area (Å²) in [4.78, 5) is 5.87. The highest BCUT2D eigenvalue weighted by molar-refractivity contribution is 7.11. The molecule has 21 heavy (non-hydrogen) atoms. The van der Waals surface area contributed by atoms with Gasteiger partial charge in [0.25, 0.3) is 0 Å². The molecule has 1 heterocycles.